The predicted molar refractivity (Wildman–Crippen MR) is 91.1 cm³/mol. The minimum absolute atomic E-state index is 0.210. The molecule has 2 aliphatic rings. The molecule has 3 rings (SSSR count). The summed E-state index contributed by atoms with van der Waals surface area (Å²) in [6.07, 6.45) is 2.75. The monoisotopic (exact) mass is 318 g/mol. The fourth-order valence-electron chi connectivity index (χ4n) is 4.26. The smallest absolute Gasteiger partial charge is 0.161 e. The van der Waals surface area contributed by atoms with Crippen LogP contribution in [-0.2, 0) is 6.42 Å². The van der Waals surface area contributed by atoms with Gasteiger partial charge in [0.1, 0.15) is 0 Å². The molecule has 1 aromatic rings. The molecule has 0 aliphatic carbocycles. The van der Waals surface area contributed by atoms with Crippen molar-refractivity contribution < 1.29 is 14.6 Å². The second-order valence-corrected chi connectivity index (χ2v) is 7.36. The van der Waals surface area contributed by atoms with E-state index < -0.39 is 0 Å². The van der Waals surface area contributed by atoms with Crippen molar-refractivity contribution in [3.8, 4) is 11.5 Å². The summed E-state index contributed by atoms with van der Waals surface area (Å²) in [5.41, 5.74) is 2.63. The maximum Gasteiger partial charge on any atom is 0.161 e. The minimum Gasteiger partial charge on any atom is -0.493 e. The molecule has 2 heterocycles. The third kappa shape index (κ3) is 3.20. The molecule has 1 aromatic carbocycles. The molecule has 1 fully saturated rings. The highest BCUT2D eigenvalue weighted by Crippen LogP contribution is 2.43. The van der Waals surface area contributed by atoms with Crippen LogP contribution in [0.3, 0.4) is 0 Å². The summed E-state index contributed by atoms with van der Waals surface area (Å²) in [7, 11) is 3.36. The van der Waals surface area contributed by atoms with Gasteiger partial charge in [0.25, 0.3) is 0 Å². The van der Waals surface area contributed by atoms with E-state index in [9.17, 15) is 5.11 Å². The van der Waals surface area contributed by atoms with Gasteiger partial charge in [-0.15, -0.1) is 0 Å². The number of nitrogens with zero attached hydrogens (tertiary/aromatic N) is 1. The summed E-state index contributed by atoms with van der Waals surface area (Å²) in [4.78, 5) is 2.55. The average Bonchev–Trinajstić information content (AvgIpc) is 2.53. The van der Waals surface area contributed by atoms with Gasteiger partial charge in [-0.2, -0.15) is 0 Å². The molecule has 1 N–H and O–H groups in total. The minimum atomic E-state index is -0.210. The van der Waals surface area contributed by atoms with Gasteiger partial charge in [-0.3, -0.25) is 4.90 Å². The first-order chi connectivity index (χ1) is 11.0. The maximum atomic E-state index is 10.6. The summed E-state index contributed by atoms with van der Waals surface area (Å²) in [6, 6.07) is 4.52. The van der Waals surface area contributed by atoms with Gasteiger partial charge >= 0.3 is 0 Å². The van der Waals surface area contributed by atoms with E-state index in [2.05, 4.69) is 30.9 Å². The van der Waals surface area contributed by atoms with Crippen LogP contribution in [0, 0.1) is 11.8 Å². The Kier molecular flexibility index (Phi) is 4.83. The lowest BCUT2D eigenvalue weighted by Gasteiger charge is -2.46. The van der Waals surface area contributed by atoms with Crippen molar-refractivity contribution in [2.45, 2.75) is 45.3 Å². The molecular formula is C19H29NO3. The van der Waals surface area contributed by atoms with Crippen molar-refractivity contribution in [1.29, 1.82) is 0 Å². The van der Waals surface area contributed by atoms with Crippen LogP contribution in [0.2, 0.25) is 0 Å². The summed E-state index contributed by atoms with van der Waals surface area (Å²) in [5, 5.41) is 10.6. The van der Waals surface area contributed by atoms with E-state index in [1.807, 2.05) is 0 Å². The lowest BCUT2D eigenvalue weighted by molar-refractivity contribution is -0.0191. The number of hydrogen-bond donors (Lipinski definition) is 1. The van der Waals surface area contributed by atoms with Crippen molar-refractivity contribution in [3.05, 3.63) is 23.3 Å². The molecule has 0 aromatic heterocycles. The zero-order chi connectivity index (χ0) is 16.6. The van der Waals surface area contributed by atoms with Crippen molar-refractivity contribution >= 4 is 0 Å². The molecule has 3 atom stereocenters. The van der Waals surface area contributed by atoms with Crippen LogP contribution in [-0.4, -0.2) is 43.4 Å². The number of aliphatic hydroxyl groups is 1. The highest BCUT2D eigenvalue weighted by atomic mass is 16.5. The van der Waals surface area contributed by atoms with Gasteiger partial charge < -0.3 is 14.6 Å². The van der Waals surface area contributed by atoms with Crippen LogP contribution in [0.25, 0.3) is 0 Å². The Morgan fingerprint density at radius 1 is 1.22 bits per heavy atom. The van der Waals surface area contributed by atoms with Crippen LogP contribution >= 0.6 is 0 Å². The Hall–Kier alpha value is -1.26. The number of rotatable bonds is 4. The number of methoxy groups -OCH3 is 2. The first kappa shape index (κ1) is 16.6. The summed E-state index contributed by atoms with van der Waals surface area (Å²) < 4.78 is 10.9. The second kappa shape index (κ2) is 6.70. The van der Waals surface area contributed by atoms with Crippen LogP contribution in [0.5, 0.6) is 11.5 Å². The predicted octanol–water partition coefficient (Wildman–Crippen LogP) is 3.03. The van der Waals surface area contributed by atoms with Crippen LogP contribution in [0.4, 0.5) is 0 Å². The molecular weight excluding hydrogens is 289 g/mol. The molecule has 0 bridgehead atoms. The Morgan fingerprint density at radius 3 is 2.57 bits per heavy atom. The van der Waals surface area contributed by atoms with E-state index in [1.54, 1.807) is 14.2 Å². The lowest BCUT2D eigenvalue weighted by Crippen LogP contribution is -2.48. The largest absolute Gasteiger partial charge is 0.493 e. The van der Waals surface area contributed by atoms with Gasteiger partial charge in [0.15, 0.2) is 11.5 Å². The van der Waals surface area contributed by atoms with Crippen molar-refractivity contribution in [2.24, 2.45) is 11.8 Å². The number of hydrogen-bond acceptors (Lipinski definition) is 4. The van der Waals surface area contributed by atoms with Gasteiger partial charge in [-0.1, -0.05) is 13.8 Å². The summed E-state index contributed by atoms with van der Waals surface area (Å²) >= 11 is 0. The topological polar surface area (TPSA) is 41.9 Å². The van der Waals surface area contributed by atoms with E-state index in [4.69, 9.17) is 9.47 Å². The van der Waals surface area contributed by atoms with Gasteiger partial charge in [0.05, 0.1) is 20.3 Å². The molecule has 0 spiro atoms. The molecule has 2 aliphatic heterocycles. The summed E-state index contributed by atoms with van der Waals surface area (Å²) in [5.74, 6) is 2.61. The van der Waals surface area contributed by atoms with Crippen LogP contribution < -0.4 is 9.47 Å². The first-order valence-electron chi connectivity index (χ1n) is 8.70. The number of piperidine rings is 1. The molecule has 4 heteroatoms. The zero-order valence-electron chi connectivity index (χ0n) is 14.7. The number of ether oxygens (including phenoxy) is 2. The maximum absolute atomic E-state index is 10.6. The normalized spacial score (nSPS) is 27.5. The Balaban J connectivity index is 1.87. The number of benzene rings is 1. The second-order valence-electron chi connectivity index (χ2n) is 7.36. The van der Waals surface area contributed by atoms with Crippen molar-refractivity contribution in [1.82, 2.24) is 4.90 Å². The third-order valence-corrected chi connectivity index (χ3v) is 5.37. The molecule has 128 valence electrons. The highest BCUT2D eigenvalue weighted by Gasteiger charge is 2.38. The molecule has 0 saturated carbocycles. The van der Waals surface area contributed by atoms with Gasteiger partial charge in [-0.05, 0) is 54.4 Å². The average molecular weight is 318 g/mol. The fourth-order valence-corrected chi connectivity index (χ4v) is 4.26. The van der Waals surface area contributed by atoms with Gasteiger partial charge in [0.2, 0.25) is 0 Å². The van der Waals surface area contributed by atoms with E-state index in [0.29, 0.717) is 17.9 Å². The van der Waals surface area contributed by atoms with E-state index in [-0.39, 0.29) is 6.10 Å². The summed E-state index contributed by atoms with van der Waals surface area (Å²) in [6.45, 7) is 6.54. The standard InChI is InChI=1S/C19H29NO3/c1-12(2)7-14-11-20-6-5-13-8-18(22-3)19(23-4)9-15(13)16(20)10-17(14)21/h8-9,12,14,16-17,21H,5-7,10-11H2,1-4H3/i4-1. The number of fused-ring (bicyclic) bond motifs is 3. The van der Waals surface area contributed by atoms with Gasteiger partial charge in [-0.25, -0.2) is 0 Å². The fraction of sp³-hybridized carbons (Fsp3) is 0.684. The molecule has 0 radical (unpaired) electrons. The molecule has 1 saturated heterocycles. The SMILES string of the molecule is COc1cc2c(cc1O[11CH3])C1CC(O)C(CC(C)C)CN1CC2. The first-order valence-corrected chi connectivity index (χ1v) is 8.70. The quantitative estimate of drug-likeness (QED) is 0.926. The van der Waals surface area contributed by atoms with E-state index in [0.717, 1.165) is 43.9 Å². The zero-order valence-corrected chi connectivity index (χ0v) is 14.7. The Labute approximate surface area is 139 Å². The Morgan fingerprint density at radius 2 is 1.91 bits per heavy atom. The highest BCUT2D eigenvalue weighted by molar-refractivity contribution is 5.49. The van der Waals surface area contributed by atoms with Crippen molar-refractivity contribution in [3.63, 3.8) is 0 Å². The van der Waals surface area contributed by atoms with Gasteiger partial charge in [0, 0.05) is 19.1 Å². The number of aliphatic hydroxyl groups excluding tert-OH is 1. The lowest BCUT2D eigenvalue weighted by atomic mass is 9.79. The molecule has 3 unspecified atom stereocenters. The van der Waals surface area contributed by atoms with Crippen LogP contribution in [0.1, 0.15) is 43.9 Å². The van der Waals surface area contributed by atoms with Crippen LogP contribution in [0.15, 0.2) is 12.1 Å². The third-order valence-electron chi connectivity index (χ3n) is 5.37. The molecule has 0 amide bonds. The molecule has 4 nitrogen and oxygen atoms in total. The van der Waals surface area contributed by atoms with E-state index >= 15 is 0 Å². The Bertz CT molecular complexity index is 558. The van der Waals surface area contributed by atoms with Crippen molar-refractivity contribution in [2.75, 3.05) is 27.3 Å². The molecule has 23 heavy (non-hydrogen) atoms. The van der Waals surface area contributed by atoms with E-state index in [1.165, 1.54) is 11.1 Å².